The van der Waals surface area contributed by atoms with Gasteiger partial charge >= 0.3 is 12.4 Å². The Morgan fingerprint density at radius 1 is 1.03 bits per heavy atom. The van der Waals surface area contributed by atoms with Crippen LogP contribution in [0.3, 0.4) is 0 Å². The fraction of sp³-hybridized carbons (Fsp3) is 0.409. The summed E-state index contributed by atoms with van der Waals surface area (Å²) in [5, 5.41) is 11.4. The second-order valence-corrected chi connectivity index (χ2v) is 8.61. The van der Waals surface area contributed by atoms with Crippen LogP contribution in [0.4, 0.5) is 26.3 Å². The highest BCUT2D eigenvalue weighted by Gasteiger charge is 2.39. The Morgan fingerprint density at radius 2 is 1.58 bits per heavy atom. The van der Waals surface area contributed by atoms with Crippen LogP contribution in [0.5, 0.6) is 0 Å². The fourth-order valence-corrected chi connectivity index (χ4v) is 4.05. The van der Waals surface area contributed by atoms with Crippen LogP contribution in [-0.2, 0) is 12.4 Å². The van der Waals surface area contributed by atoms with E-state index in [0.29, 0.717) is 22.7 Å². The molecule has 2 aromatic carbocycles. The van der Waals surface area contributed by atoms with Crippen molar-refractivity contribution in [3.8, 4) is 0 Å². The molecule has 4 nitrogen and oxygen atoms in total. The lowest BCUT2D eigenvalue weighted by Gasteiger charge is -2.39. The van der Waals surface area contributed by atoms with Gasteiger partial charge in [0, 0.05) is 29.7 Å². The highest BCUT2D eigenvalue weighted by molar-refractivity contribution is 6.30. The van der Waals surface area contributed by atoms with Crippen molar-refractivity contribution in [2.24, 2.45) is 5.73 Å². The van der Waals surface area contributed by atoms with Crippen molar-refractivity contribution in [2.45, 2.75) is 43.3 Å². The maximum atomic E-state index is 13.1. The average Bonchev–Trinajstić information content (AvgIpc) is 2.72. The van der Waals surface area contributed by atoms with E-state index in [4.69, 9.17) is 17.3 Å². The fourth-order valence-electron chi connectivity index (χ4n) is 3.86. The topological polar surface area (TPSA) is 66.6 Å². The zero-order valence-electron chi connectivity index (χ0n) is 17.2. The Kier molecular flexibility index (Phi) is 7.02. The van der Waals surface area contributed by atoms with Crippen LogP contribution in [0.15, 0.2) is 42.5 Å². The Bertz CT molecular complexity index is 984. The van der Waals surface area contributed by atoms with Crippen molar-refractivity contribution < 1.29 is 36.2 Å². The number of alkyl halides is 6. The van der Waals surface area contributed by atoms with E-state index in [1.54, 1.807) is 24.3 Å². The number of halogens is 7. The van der Waals surface area contributed by atoms with Gasteiger partial charge in [0.2, 0.25) is 0 Å². The smallest absolute Gasteiger partial charge is 0.390 e. The quantitative estimate of drug-likeness (QED) is 0.557. The molecule has 3 N–H and O–H groups in total. The van der Waals surface area contributed by atoms with Crippen LogP contribution < -0.4 is 5.73 Å². The lowest BCUT2D eigenvalue weighted by molar-refractivity contribution is -0.143. The standard InChI is InChI=1S/C22H21ClF6N2O2/c23-17-3-1-2-13(10-17)18(30)12-20(33)4-6-31(7-5-20)19(32)14-8-15(21(24,25)26)11-16(9-14)22(27,28)29/h1-3,8-11,18,33H,4-7,12,30H2. The minimum atomic E-state index is -5.05. The first-order valence-corrected chi connectivity index (χ1v) is 10.4. The van der Waals surface area contributed by atoms with Gasteiger partial charge in [-0.15, -0.1) is 0 Å². The number of amides is 1. The van der Waals surface area contributed by atoms with Crippen LogP contribution in [-0.4, -0.2) is 34.6 Å². The molecule has 1 aliphatic heterocycles. The number of hydrogen-bond acceptors (Lipinski definition) is 3. The first-order chi connectivity index (χ1) is 15.2. The number of nitrogens with two attached hydrogens (primary N) is 1. The summed E-state index contributed by atoms with van der Waals surface area (Å²) in [5.41, 5.74) is 1.81. The number of hydrogen-bond donors (Lipinski definition) is 2. The average molecular weight is 495 g/mol. The molecule has 1 saturated heterocycles. The molecule has 1 amide bonds. The number of piperidine rings is 1. The summed E-state index contributed by atoms with van der Waals surface area (Å²) in [6.07, 6.45) is -9.81. The summed E-state index contributed by atoms with van der Waals surface area (Å²) in [5.74, 6) is -0.965. The summed E-state index contributed by atoms with van der Waals surface area (Å²) in [4.78, 5) is 13.9. The Balaban J connectivity index is 1.73. The van der Waals surface area contributed by atoms with Crippen LogP contribution >= 0.6 is 11.6 Å². The Morgan fingerprint density at radius 3 is 2.06 bits per heavy atom. The van der Waals surface area contributed by atoms with Gasteiger partial charge in [-0.2, -0.15) is 26.3 Å². The number of aliphatic hydroxyl groups is 1. The molecule has 0 aromatic heterocycles. The van der Waals surface area contributed by atoms with Gasteiger partial charge in [0.1, 0.15) is 0 Å². The van der Waals surface area contributed by atoms with Crippen molar-refractivity contribution in [2.75, 3.05) is 13.1 Å². The summed E-state index contributed by atoms with van der Waals surface area (Å²) < 4.78 is 78.5. The molecule has 1 fully saturated rings. The van der Waals surface area contributed by atoms with Crippen LogP contribution in [0.25, 0.3) is 0 Å². The maximum Gasteiger partial charge on any atom is 0.416 e. The van der Waals surface area contributed by atoms with E-state index < -0.39 is 46.6 Å². The van der Waals surface area contributed by atoms with Crippen LogP contribution in [0, 0.1) is 0 Å². The number of rotatable bonds is 4. The number of nitrogens with zero attached hydrogens (tertiary/aromatic N) is 1. The molecule has 1 heterocycles. The second kappa shape index (κ2) is 9.15. The number of carbonyl (C=O) groups excluding carboxylic acids is 1. The molecule has 11 heteroatoms. The minimum Gasteiger partial charge on any atom is -0.390 e. The van der Waals surface area contributed by atoms with Crippen LogP contribution in [0.2, 0.25) is 5.02 Å². The third-order valence-corrected chi connectivity index (χ3v) is 5.93. The maximum absolute atomic E-state index is 13.1. The summed E-state index contributed by atoms with van der Waals surface area (Å²) in [7, 11) is 0. The molecule has 1 unspecified atom stereocenters. The van der Waals surface area contributed by atoms with Crippen molar-refractivity contribution in [1.82, 2.24) is 4.90 Å². The van der Waals surface area contributed by atoms with E-state index in [0.717, 1.165) is 4.90 Å². The molecule has 1 atom stereocenters. The SMILES string of the molecule is NC(CC1(O)CCN(C(=O)c2cc(C(F)(F)F)cc(C(F)(F)F)c2)CC1)c1cccc(Cl)c1. The minimum absolute atomic E-state index is 0.0248. The predicted molar refractivity (Wildman–Crippen MR) is 110 cm³/mol. The highest BCUT2D eigenvalue weighted by atomic mass is 35.5. The van der Waals surface area contributed by atoms with E-state index in [-0.39, 0.29) is 38.4 Å². The van der Waals surface area contributed by atoms with Crippen molar-refractivity contribution >= 4 is 17.5 Å². The van der Waals surface area contributed by atoms with Crippen molar-refractivity contribution in [3.63, 3.8) is 0 Å². The van der Waals surface area contributed by atoms with Crippen LogP contribution in [0.1, 0.15) is 52.4 Å². The van der Waals surface area contributed by atoms with E-state index in [1.807, 2.05) is 0 Å². The predicted octanol–water partition coefficient (Wildman–Crippen LogP) is 5.43. The van der Waals surface area contributed by atoms with Gasteiger partial charge in [-0.25, -0.2) is 0 Å². The lowest BCUT2D eigenvalue weighted by atomic mass is 9.83. The molecule has 0 radical (unpaired) electrons. The third-order valence-electron chi connectivity index (χ3n) is 5.69. The van der Waals surface area contributed by atoms with E-state index >= 15 is 0 Å². The van der Waals surface area contributed by atoms with Gasteiger partial charge < -0.3 is 15.7 Å². The summed E-state index contributed by atoms with van der Waals surface area (Å²) in [6, 6.07) is 7.06. The number of likely N-dealkylation sites (tertiary alicyclic amines) is 1. The lowest BCUT2D eigenvalue weighted by Crippen LogP contribution is -2.47. The van der Waals surface area contributed by atoms with E-state index in [1.165, 1.54) is 0 Å². The third kappa shape index (κ3) is 6.18. The molecule has 3 rings (SSSR count). The Hall–Kier alpha value is -2.30. The molecule has 0 saturated carbocycles. The van der Waals surface area contributed by atoms with Crippen molar-refractivity contribution in [1.29, 1.82) is 0 Å². The molecule has 0 spiro atoms. The van der Waals surface area contributed by atoms with Gasteiger partial charge in [-0.1, -0.05) is 23.7 Å². The van der Waals surface area contributed by atoms with Gasteiger partial charge in [0.05, 0.1) is 16.7 Å². The van der Waals surface area contributed by atoms with Crippen molar-refractivity contribution in [3.05, 3.63) is 69.7 Å². The molecule has 2 aromatic rings. The summed E-state index contributed by atoms with van der Waals surface area (Å²) in [6.45, 7) is -0.0929. The first-order valence-electron chi connectivity index (χ1n) is 10.0. The zero-order valence-corrected chi connectivity index (χ0v) is 17.9. The summed E-state index contributed by atoms with van der Waals surface area (Å²) >= 11 is 5.95. The first kappa shape index (κ1) is 25.3. The van der Waals surface area contributed by atoms with Gasteiger partial charge in [-0.3, -0.25) is 4.79 Å². The van der Waals surface area contributed by atoms with Gasteiger partial charge in [0.15, 0.2) is 0 Å². The molecule has 1 aliphatic rings. The normalized spacial score (nSPS) is 17.7. The zero-order chi connectivity index (χ0) is 24.6. The van der Waals surface area contributed by atoms with E-state index in [9.17, 15) is 36.2 Å². The second-order valence-electron chi connectivity index (χ2n) is 8.18. The number of benzene rings is 2. The largest absolute Gasteiger partial charge is 0.416 e. The Labute approximate surface area is 190 Å². The molecule has 0 bridgehead atoms. The number of carbonyl (C=O) groups is 1. The molecule has 180 valence electrons. The molecule has 33 heavy (non-hydrogen) atoms. The molecular weight excluding hydrogens is 474 g/mol. The molecule has 0 aliphatic carbocycles. The molecular formula is C22H21ClF6N2O2. The monoisotopic (exact) mass is 494 g/mol. The van der Waals surface area contributed by atoms with Gasteiger partial charge in [-0.05, 0) is 55.2 Å². The van der Waals surface area contributed by atoms with Gasteiger partial charge in [0.25, 0.3) is 5.91 Å². The highest BCUT2D eigenvalue weighted by Crippen LogP contribution is 2.37. The van der Waals surface area contributed by atoms with E-state index in [2.05, 4.69) is 0 Å².